The van der Waals surface area contributed by atoms with Gasteiger partial charge in [0.05, 0.1) is 29.7 Å². The van der Waals surface area contributed by atoms with Crippen LogP contribution >= 0.6 is 0 Å². The van der Waals surface area contributed by atoms with Gasteiger partial charge < -0.3 is 14.8 Å². The van der Waals surface area contributed by atoms with Crippen molar-refractivity contribution in [3.8, 4) is 0 Å². The minimum atomic E-state index is -0.741. The van der Waals surface area contributed by atoms with Crippen molar-refractivity contribution in [1.82, 2.24) is 5.32 Å². The number of hydrogen-bond donors (Lipinski definition) is 1. The molecular weight excluding hydrogens is 304 g/mol. The van der Waals surface area contributed by atoms with E-state index in [2.05, 4.69) is 10.1 Å². The molecule has 0 aromatic heterocycles. The fraction of sp³-hybridized carbons (Fsp3) is 0.467. The summed E-state index contributed by atoms with van der Waals surface area (Å²) in [6.45, 7) is 2.47. The summed E-state index contributed by atoms with van der Waals surface area (Å²) in [5.41, 5.74) is -0.358. The number of non-ortho nitro benzene ring substituents is 1. The number of rotatable bonds is 5. The monoisotopic (exact) mass is 322 g/mol. The van der Waals surface area contributed by atoms with E-state index in [0.717, 1.165) is 25.0 Å². The van der Waals surface area contributed by atoms with Crippen molar-refractivity contribution in [2.24, 2.45) is 0 Å². The van der Waals surface area contributed by atoms with Gasteiger partial charge in [0.1, 0.15) is 0 Å². The average molecular weight is 322 g/mol. The highest BCUT2D eigenvalue weighted by molar-refractivity contribution is 5.99. The maximum atomic E-state index is 12.3. The fourth-order valence-electron chi connectivity index (χ4n) is 2.46. The Morgan fingerprint density at radius 3 is 2.65 bits per heavy atom. The molecule has 8 nitrogen and oxygen atoms in total. The molecule has 0 spiro atoms. The lowest BCUT2D eigenvalue weighted by Crippen LogP contribution is -2.40. The lowest BCUT2D eigenvalue weighted by Gasteiger charge is -2.20. The Balaban J connectivity index is 2.22. The number of benzene rings is 1. The summed E-state index contributed by atoms with van der Waals surface area (Å²) in [4.78, 5) is 34.2. The van der Waals surface area contributed by atoms with Gasteiger partial charge in [0.2, 0.25) is 0 Å². The van der Waals surface area contributed by atoms with Gasteiger partial charge in [-0.05, 0) is 25.8 Å². The zero-order valence-corrected chi connectivity index (χ0v) is 12.9. The van der Waals surface area contributed by atoms with Crippen LogP contribution in [0.2, 0.25) is 0 Å². The van der Waals surface area contributed by atoms with E-state index in [9.17, 15) is 19.7 Å². The third-order valence-electron chi connectivity index (χ3n) is 3.69. The highest BCUT2D eigenvalue weighted by Gasteiger charge is 2.25. The normalized spacial score (nSPS) is 18.3. The van der Waals surface area contributed by atoms with Crippen molar-refractivity contribution in [2.75, 3.05) is 13.7 Å². The number of ether oxygens (including phenoxy) is 2. The van der Waals surface area contributed by atoms with Gasteiger partial charge in [0, 0.05) is 24.3 Å². The van der Waals surface area contributed by atoms with E-state index in [0.29, 0.717) is 6.61 Å². The standard InChI is InChI=1S/C15H18N2O6/c1-9(13-4-3-5-23-13)16-14(18)10-6-11(15(19)22-2)8-12(7-10)17(20)21/h6-9,13H,3-5H2,1-2H3,(H,16,18)/t9-,13+/m1/s1. The van der Waals surface area contributed by atoms with Crippen LogP contribution in [0.3, 0.4) is 0 Å². The van der Waals surface area contributed by atoms with Crippen molar-refractivity contribution in [2.45, 2.75) is 31.9 Å². The van der Waals surface area contributed by atoms with Crippen LogP contribution in [-0.4, -0.2) is 42.7 Å². The number of hydrogen-bond acceptors (Lipinski definition) is 6. The molecule has 1 N–H and O–H groups in total. The second-order valence-corrected chi connectivity index (χ2v) is 5.33. The molecule has 8 heteroatoms. The molecule has 1 aromatic carbocycles. The van der Waals surface area contributed by atoms with Crippen LogP contribution < -0.4 is 5.32 Å². The second kappa shape index (κ2) is 7.19. The molecule has 1 amide bonds. The topological polar surface area (TPSA) is 108 Å². The van der Waals surface area contributed by atoms with Gasteiger partial charge in [0.25, 0.3) is 11.6 Å². The van der Waals surface area contributed by atoms with E-state index in [1.54, 1.807) is 0 Å². The first-order chi connectivity index (χ1) is 10.9. The quantitative estimate of drug-likeness (QED) is 0.502. The van der Waals surface area contributed by atoms with Gasteiger partial charge in [-0.15, -0.1) is 0 Å². The van der Waals surface area contributed by atoms with Crippen molar-refractivity contribution >= 4 is 17.6 Å². The Bertz CT molecular complexity index is 624. The fourth-order valence-corrected chi connectivity index (χ4v) is 2.46. The van der Waals surface area contributed by atoms with Gasteiger partial charge in [-0.25, -0.2) is 4.79 Å². The Kier molecular flexibility index (Phi) is 5.28. The zero-order chi connectivity index (χ0) is 17.0. The lowest BCUT2D eigenvalue weighted by molar-refractivity contribution is -0.384. The Labute approximate surface area is 132 Å². The Morgan fingerprint density at radius 1 is 1.39 bits per heavy atom. The molecular formula is C15H18N2O6. The molecule has 1 saturated heterocycles. The van der Waals surface area contributed by atoms with E-state index in [1.807, 2.05) is 6.92 Å². The lowest BCUT2D eigenvalue weighted by atomic mass is 10.1. The predicted octanol–water partition coefficient (Wildman–Crippen LogP) is 1.68. The zero-order valence-electron chi connectivity index (χ0n) is 12.9. The summed E-state index contributed by atoms with van der Waals surface area (Å²) in [6, 6.07) is 3.25. The maximum absolute atomic E-state index is 12.3. The van der Waals surface area contributed by atoms with Crippen LogP contribution in [0.5, 0.6) is 0 Å². The van der Waals surface area contributed by atoms with Gasteiger partial charge in [-0.1, -0.05) is 0 Å². The van der Waals surface area contributed by atoms with E-state index in [1.165, 1.54) is 13.2 Å². The summed E-state index contributed by atoms with van der Waals surface area (Å²) >= 11 is 0. The minimum Gasteiger partial charge on any atom is -0.465 e. The molecule has 1 aliphatic heterocycles. The SMILES string of the molecule is COC(=O)c1cc(C(=O)N[C@H](C)[C@@H]2CCCO2)cc([N+](=O)[O-])c1. The van der Waals surface area contributed by atoms with Crippen LogP contribution in [0.4, 0.5) is 5.69 Å². The molecule has 2 atom stereocenters. The number of methoxy groups -OCH3 is 1. The number of nitro benzene ring substituents is 1. The summed E-state index contributed by atoms with van der Waals surface area (Å²) < 4.78 is 10.1. The minimum absolute atomic E-state index is 0.0319. The molecule has 1 heterocycles. The third-order valence-corrected chi connectivity index (χ3v) is 3.69. The highest BCUT2D eigenvalue weighted by Crippen LogP contribution is 2.19. The van der Waals surface area contributed by atoms with Crippen molar-refractivity contribution in [3.05, 3.63) is 39.4 Å². The first-order valence-corrected chi connectivity index (χ1v) is 7.22. The second-order valence-electron chi connectivity index (χ2n) is 5.33. The molecule has 1 fully saturated rings. The van der Waals surface area contributed by atoms with Crippen LogP contribution in [-0.2, 0) is 9.47 Å². The molecule has 0 unspecified atom stereocenters. The molecule has 124 valence electrons. The molecule has 0 bridgehead atoms. The number of carbonyl (C=O) groups excluding carboxylic acids is 2. The summed E-state index contributed by atoms with van der Waals surface area (Å²) in [5, 5.41) is 13.7. The first kappa shape index (κ1) is 16.9. The number of nitrogens with one attached hydrogen (secondary N) is 1. The number of carbonyl (C=O) groups is 2. The first-order valence-electron chi connectivity index (χ1n) is 7.22. The van der Waals surface area contributed by atoms with Gasteiger partial charge in [0.15, 0.2) is 0 Å². The Morgan fingerprint density at radius 2 is 2.09 bits per heavy atom. The maximum Gasteiger partial charge on any atom is 0.338 e. The van der Waals surface area contributed by atoms with Crippen LogP contribution in [0.15, 0.2) is 18.2 Å². The van der Waals surface area contributed by atoms with Gasteiger partial charge in [-0.3, -0.25) is 14.9 Å². The molecule has 0 radical (unpaired) electrons. The Hall–Kier alpha value is -2.48. The van der Waals surface area contributed by atoms with Crippen molar-refractivity contribution in [1.29, 1.82) is 0 Å². The summed E-state index contributed by atoms with van der Waals surface area (Å²) in [7, 11) is 1.17. The van der Waals surface area contributed by atoms with Gasteiger partial charge >= 0.3 is 5.97 Å². The van der Waals surface area contributed by atoms with E-state index in [-0.39, 0.29) is 29.0 Å². The van der Waals surface area contributed by atoms with E-state index < -0.39 is 16.8 Å². The average Bonchev–Trinajstić information content (AvgIpc) is 3.08. The summed E-state index contributed by atoms with van der Waals surface area (Å²) in [6.07, 6.45) is 1.72. The van der Waals surface area contributed by atoms with Crippen molar-refractivity contribution in [3.63, 3.8) is 0 Å². The molecule has 23 heavy (non-hydrogen) atoms. The highest BCUT2D eigenvalue weighted by atomic mass is 16.6. The number of esters is 1. The molecule has 0 aliphatic carbocycles. The smallest absolute Gasteiger partial charge is 0.338 e. The van der Waals surface area contributed by atoms with E-state index >= 15 is 0 Å². The summed E-state index contributed by atoms with van der Waals surface area (Å²) in [5.74, 6) is -1.24. The third kappa shape index (κ3) is 4.04. The van der Waals surface area contributed by atoms with Crippen LogP contribution in [0.25, 0.3) is 0 Å². The van der Waals surface area contributed by atoms with Gasteiger partial charge in [-0.2, -0.15) is 0 Å². The molecule has 2 rings (SSSR count). The molecule has 0 saturated carbocycles. The van der Waals surface area contributed by atoms with Crippen LogP contribution in [0.1, 0.15) is 40.5 Å². The largest absolute Gasteiger partial charge is 0.465 e. The molecule has 1 aliphatic rings. The van der Waals surface area contributed by atoms with E-state index in [4.69, 9.17) is 4.74 Å². The number of nitrogens with zero attached hydrogens (tertiary/aromatic N) is 1. The number of nitro groups is 1. The van der Waals surface area contributed by atoms with Crippen molar-refractivity contribution < 1.29 is 24.0 Å². The predicted molar refractivity (Wildman–Crippen MR) is 80.3 cm³/mol. The molecule has 1 aromatic rings. The van der Waals surface area contributed by atoms with Crippen LogP contribution in [0, 0.1) is 10.1 Å². The number of amides is 1.